The van der Waals surface area contributed by atoms with Crippen LogP contribution < -0.4 is 0 Å². The number of hydrogen-bond donors (Lipinski definition) is 0. The molecule has 0 unspecified atom stereocenters. The molecule has 0 saturated carbocycles. The maximum atomic E-state index is 6.23. The Bertz CT molecular complexity index is 1270. The fourth-order valence-electron chi connectivity index (χ4n) is 3.43. The fourth-order valence-corrected chi connectivity index (χ4v) is 5.15. The number of hydrogen-bond acceptors (Lipinski definition) is 1. The molecule has 1 aromatic heterocycles. The SMILES string of the molecule is Clc1ccc2sc3ccc(-c4ccc(Br)c5ccccc45)cc3c2c1. The largest absolute Gasteiger partial charge is 0.135 e. The Balaban J connectivity index is 1.83. The van der Waals surface area contributed by atoms with E-state index in [2.05, 4.69) is 82.7 Å². The molecule has 0 aliphatic carbocycles. The van der Waals surface area contributed by atoms with Crippen molar-refractivity contribution in [2.45, 2.75) is 0 Å². The summed E-state index contributed by atoms with van der Waals surface area (Å²) in [6.45, 7) is 0. The predicted octanol–water partition coefficient (Wildman–Crippen LogP) is 8.29. The lowest BCUT2D eigenvalue weighted by molar-refractivity contribution is 1.67. The molecule has 3 heteroatoms. The highest BCUT2D eigenvalue weighted by Gasteiger charge is 2.10. The second-order valence-corrected chi connectivity index (χ2v) is 8.47. The van der Waals surface area contributed by atoms with E-state index >= 15 is 0 Å². The van der Waals surface area contributed by atoms with Gasteiger partial charge in [0.2, 0.25) is 0 Å². The van der Waals surface area contributed by atoms with Crippen molar-refractivity contribution in [3.8, 4) is 11.1 Å². The molecule has 25 heavy (non-hydrogen) atoms. The van der Waals surface area contributed by atoms with Crippen LogP contribution in [0.1, 0.15) is 0 Å². The van der Waals surface area contributed by atoms with Gasteiger partial charge in [-0.25, -0.2) is 0 Å². The molecule has 0 saturated heterocycles. The second kappa shape index (κ2) is 5.84. The molecule has 0 radical (unpaired) electrons. The minimum absolute atomic E-state index is 0.784. The lowest BCUT2D eigenvalue weighted by Crippen LogP contribution is -1.82. The number of benzene rings is 4. The summed E-state index contributed by atoms with van der Waals surface area (Å²) in [4.78, 5) is 0. The molecule has 5 aromatic rings. The summed E-state index contributed by atoms with van der Waals surface area (Å²) in [6, 6.07) is 25.7. The van der Waals surface area contributed by atoms with Gasteiger partial charge in [-0.3, -0.25) is 0 Å². The molecule has 120 valence electrons. The van der Waals surface area contributed by atoms with E-state index in [1.54, 1.807) is 0 Å². The van der Waals surface area contributed by atoms with Crippen molar-refractivity contribution in [3.63, 3.8) is 0 Å². The summed E-state index contributed by atoms with van der Waals surface area (Å²) in [6.07, 6.45) is 0. The third-order valence-corrected chi connectivity index (χ3v) is 6.69. The van der Waals surface area contributed by atoms with Gasteiger partial charge in [0.05, 0.1) is 0 Å². The fraction of sp³-hybridized carbons (Fsp3) is 0. The number of halogens is 2. The molecular weight excluding hydrogens is 412 g/mol. The summed E-state index contributed by atoms with van der Waals surface area (Å²) in [5, 5.41) is 5.78. The van der Waals surface area contributed by atoms with Gasteiger partial charge in [-0.1, -0.05) is 63.9 Å². The first-order chi connectivity index (χ1) is 12.2. The molecular formula is C22H12BrClS. The highest BCUT2D eigenvalue weighted by molar-refractivity contribution is 9.10. The Morgan fingerprint density at radius 2 is 1.40 bits per heavy atom. The van der Waals surface area contributed by atoms with Crippen molar-refractivity contribution in [2.75, 3.05) is 0 Å². The van der Waals surface area contributed by atoms with Crippen LogP contribution in [-0.2, 0) is 0 Å². The molecule has 0 amide bonds. The van der Waals surface area contributed by atoms with Gasteiger partial charge in [-0.05, 0) is 58.3 Å². The van der Waals surface area contributed by atoms with Gasteiger partial charge in [0.15, 0.2) is 0 Å². The van der Waals surface area contributed by atoms with Crippen LogP contribution in [0.4, 0.5) is 0 Å². The van der Waals surface area contributed by atoms with E-state index < -0.39 is 0 Å². The second-order valence-electron chi connectivity index (χ2n) is 6.09. The van der Waals surface area contributed by atoms with Gasteiger partial charge >= 0.3 is 0 Å². The van der Waals surface area contributed by atoms with E-state index in [0.717, 1.165) is 9.50 Å². The number of thiophene rings is 1. The van der Waals surface area contributed by atoms with E-state index in [1.165, 1.54) is 42.1 Å². The average Bonchev–Trinajstić information content (AvgIpc) is 2.99. The summed E-state index contributed by atoms with van der Waals surface area (Å²) >= 11 is 11.7. The molecule has 0 N–H and O–H groups in total. The molecule has 0 aliphatic heterocycles. The maximum absolute atomic E-state index is 6.23. The molecule has 0 spiro atoms. The Morgan fingerprint density at radius 1 is 0.680 bits per heavy atom. The van der Waals surface area contributed by atoms with E-state index in [0.29, 0.717) is 0 Å². The van der Waals surface area contributed by atoms with Crippen LogP contribution in [0.5, 0.6) is 0 Å². The number of rotatable bonds is 1. The van der Waals surface area contributed by atoms with Crippen molar-refractivity contribution in [3.05, 3.63) is 82.3 Å². The van der Waals surface area contributed by atoms with E-state index in [9.17, 15) is 0 Å². The average molecular weight is 424 g/mol. The van der Waals surface area contributed by atoms with E-state index in [1.807, 2.05) is 17.4 Å². The van der Waals surface area contributed by atoms with Gasteiger partial charge in [-0.2, -0.15) is 0 Å². The van der Waals surface area contributed by atoms with Crippen LogP contribution >= 0.6 is 38.9 Å². The summed E-state index contributed by atoms with van der Waals surface area (Å²) in [7, 11) is 0. The standard InChI is InChI=1S/C22H12BrClS/c23-20-8-7-15(16-3-1-2-4-17(16)20)13-5-9-21-18(11-13)19-12-14(24)6-10-22(19)25-21/h1-12H. The normalized spacial score (nSPS) is 11.6. The number of fused-ring (bicyclic) bond motifs is 4. The first-order valence-corrected chi connectivity index (χ1v) is 9.99. The zero-order valence-corrected chi connectivity index (χ0v) is 16.3. The van der Waals surface area contributed by atoms with Crippen LogP contribution in [0, 0.1) is 0 Å². The molecule has 0 atom stereocenters. The van der Waals surface area contributed by atoms with Crippen LogP contribution in [0.15, 0.2) is 77.3 Å². The third kappa shape index (κ3) is 2.48. The lowest BCUT2D eigenvalue weighted by atomic mass is 9.97. The van der Waals surface area contributed by atoms with Crippen LogP contribution in [0.25, 0.3) is 42.1 Å². The Kier molecular flexibility index (Phi) is 3.60. The van der Waals surface area contributed by atoms with Crippen molar-refractivity contribution >= 4 is 69.8 Å². The molecule has 1 heterocycles. The van der Waals surface area contributed by atoms with Crippen molar-refractivity contribution in [1.29, 1.82) is 0 Å². The highest BCUT2D eigenvalue weighted by Crippen LogP contribution is 2.39. The quantitative estimate of drug-likeness (QED) is 0.254. The van der Waals surface area contributed by atoms with Gasteiger partial charge in [0.25, 0.3) is 0 Å². The molecule has 0 fully saturated rings. The summed E-state index contributed by atoms with van der Waals surface area (Å²) in [5.41, 5.74) is 2.48. The van der Waals surface area contributed by atoms with Gasteiger partial charge in [0, 0.05) is 29.7 Å². The first-order valence-electron chi connectivity index (χ1n) is 8.00. The third-order valence-electron chi connectivity index (χ3n) is 4.61. The molecule has 4 aromatic carbocycles. The first kappa shape index (κ1) is 15.4. The minimum Gasteiger partial charge on any atom is -0.135 e. The predicted molar refractivity (Wildman–Crippen MR) is 115 cm³/mol. The maximum Gasteiger partial charge on any atom is 0.0413 e. The van der Waals surface area contributed by atoms with Gasteiger partial charge in [-0.15, -0.1) is 11.3 Å². The zero-order valence-electron chi connectivity index (χ0n) is 13.1. The van der Waals surface area contributed by atoms with Crippen molar-refractivity contribution in [1.82, 2.24) is 0 Å². The van der Waals surface area contributed by atoms with Gasteiger partial charge < -0.3 is 0 Å². The Morgan fingerprint density at radius 3 is 2.24 bits per heavy atom. The Labute approximate surface area is 162 Å². The van der Waals surface area contributed by atoms with Crippen LogP contribution in [-0.4, -0.2) is 0 Å². The topological polar surface area (TPSA) is 0 Å². The van der Waals surface area contributed by atoms with Crippen molar-refractivity contribution in [2.24, 2.45) is 0 Å². The van der Waals surface area contributed by atoms with Crippen LogP contribution in [0.3, 0.4) is 0 Å². The molecule has 0 nitrogen and oxygen atoms in total. The Hall–Kier alpha value is -1.87. The van der Waals surface area contributed by atoms with Gasteiger partial charge in [0.1, 0.15) is 0 Å². The summed E-state index contributed by atoms with van der Waals surface area (Å²) < 4.78 is 3.69. The minimum atomic E-state index is 0.784. The molecule has 0 aliphatic rings. The van der Waals surface area contributed by atoms with Crippen molar-refractivity contribution < 1.29 is 0 Å². The lowest BCUT2D eigenvalue weighted by Gasteiger charge is -2.09. The molecule has 0 bridgehead atoms. The van der Waals surface area contributed by atoms with E-state index in [-0.39, 0.29) is 0 Å². The smallest absolute Gasteiger partial charge is 0.0413 e. The van der Waals surface area contributed by atoms with Crippen LogP contribution in [0.2, 0.25) is 5.02 Å². The van der Waals surface area contributed by atoms with E-state index in [4.69, 9.17) is 11.6 Å². The zero-order chi connectivity index (χ0) is 17.0. The highest BCUT2D eigenvalue weighted by atomic mass is 79.9. The summed E-state index contributed by atoms with van der Waals surface area (Å²) in [5.74, 6) is 0. The monoisotopic (exact) mass is 422 g/mol. The molecule has 5 rings (SSSR count).